The van der Waals surface area contributed by atoms with Crippen molar-refractivity contribution in [1.29, 1.82) is 0 Å². The molecule has 0 radical (unpaired) electrons. The van der Waals surface area contributed by atoms with Crippen LogP contribution in [0.2, 0.25) is 0 Å². The van der Waals surface area contributed by atoms with E-state index >= 15 is 0 Å². The van der Waals surface area contributed by atoms with Gasteiger partial charge in [0.15, 0.2) is 11.4 Å². The fraction of sp³-hybridized carbons (Fsp3) is 0.429. The second kappa shape index (κ2) is 4.34. The summed E-state index contributed by atoms with van der Waals surface area (Å²) in [6.07, 6.45) is 0.788. The van der Waals surface area contributed by atoms with Gasteiger partial charge in [0, 0.05) is 16.2 Å². The van der Waals surface area contributed by atoms with E-state index in [4.69, 9.17) is 16.0 Å². The number of rotatable bonds is 3. The predicted octanol–water partition coefficient (Wildman–Crippen LogP) is 4.87. The second-order valence-corrected chi connectivity index (χ2v) is 5.88. The quantitative estimate of drug-likeness (QED) is 0.713. The van der Waals surface area contributed by atoms with E-state index in [1.165, 1.54) is 6.07 Å². The van der Waals surface area contributed by atoms with Crippen LogP contribution in [0.5, 0.6) is 0 Å². The van der Waals surface area contributed by atoms with Crippen LogP contribution in [0.3, 0.4) is 0 Å². The average molecular weight is 255 g/mol. The summed E-state index contributed by atoms with van der Waals surface area (Å²) in [5, 5.41) is 0.860. The van der Waals surface area contributed by atoms with Crippen LogP contribution in [0.25, 0.3) is 11.0 Å². The van der Waals surface area contributed by atoms with Gasteiger partial charge in [0.05, 0.1) is 0 Å². The monoisotopic (exact) mass is 254 g/mol. The lowest BCUT2D eigenvalue weighted by atomic mass is 9.85. The van der Waals surface area contributed by atoms with Gasteiger partial charge >= 0.3 is 0 Å². The van der Waals surface area contributed by atoms with Gasteiger partial charge in [-0.05, 0) is 25.5 Å². The molecular weight excluding hydrogens is 239 g/mol. The molecule has 1 heterocycles. The van der Waals surface area contributed by atoms with E-state index in [9.17, 15) is 4.39 Å². The molecular formula is C14H16ClFO. The van der Waals surface area contributed by atoms with Crippen LogP contribution in [0, 0.1) is 5.82 Å². The molecule has 0 N–H and O–H groups in total. The molecule has 0 spiro atoms. The maximum Gasteiger partial charge on any atom is 0.169 e. The Kier molecular flexibility index (Phi) is 3.17. The van der Waals surface area contributed by atoms with E-state index in [0.29, 0.717) is 5.58 Å². The van der Waals surface area contributed by atoms with Crippen molar-refractivity contribution in [2.45, 2.75) is 38.0 Å². The SMILES string of the molecule is CC(Cl)CC(C)(C)c1cc2cccc(F)c2o1. The maximum atomic E-state index is 13.5. The number of alkyl halides is 1. The van der Waals surface area contributed by atoms with Crippen LogP contribution < -0.4 is 0 Å². The van der Waals surface area contributed by atoms with Gasteiger partial charge in [-0.2, -0.15) is 0 Å². The Morgan fingerprint density at radius 2 is 2.12 bits per heavy atom. The van der Waals surface area contributed by atoms with Gasteiger partial charge in [-0.15, -0.1) is 11.6 Å². The molecule has 92 valence electrons. The molecule has 0 aliphatic carbocycles. The minimum absolute atomic E-state index is 0.0584. The number of furan rings is 1. The molecule has 0 saturated heterocycles. The number of fused-ring (bicyclic) bond motifs is 1. The summed E-state index contributed by atoms with van der Waals surface area (Å²) < 4.78 is 19.2. The minimum Gasteiger partial charge on any atom is -0.457 e. The summed E-state index contributed by atoms with van der Waals surface area (Å²) in [5.41, 5.74) is 0.143. The average Bonchev–Trinajstić information content (AvgIpc) is 2.61. The Labute approximate surface area is 106 Å². The fourth-order valence-electron chi connectivity index (χ4n) is 2.16. The first-order valence-corrected chi connectivity index (χ1v) is 6.16. The maximum absolute atomic E-state index is 13.5. The molecule has 1 unspecified atom stereocenters. The van der Waals surface area contributed by atoms with E-state index in [-0.39, 0.29) is 16.6 Å². The molecule has 0 bridgehead atoms. The molecule has 0 aliphatic rings. The van der Waals surface area contributed by atoms with E-state index in [1.54, 1.807) is 6.07 Å². The zero-order valence-electron chi connectivity index (χ0n) is 10.3. The molecule has 1 aromatic heterocycles. The first-order chi connectivity index (χ1) is 7.90. The Morgan fingerprint density at radius 1 is 1.41 bits per heavy atom. The summed E-state index contributed by atoms with van der Waals surface area (Å²) in [6, 6.07) is 6.85. The van der Waals surface area contributed by atoms with Gasteiger partial charge in [0.25, 0.3) is 0 Å². The molecule has 2 rings (SSSR count). The van der Waals surface area contributed by atoms with Gasteiger partial charge in [-0.3, -0.25) is 0 Å². The van der Waals surface area contributed by atoms with Crippen molar-refractivity contribution in [3.63, 3.8) is 0 Å². The van der Waals surface area contributed by atoms with Gasteiger partial charge in [0.2, 0.25) is 0 Å². The first kappa shape index (κ1) is 12.4. The zero-order valence-corrected chi connectivity index (χ0v) is 11.0. The first-order valence-electron chi connectivity index (χ1n) is 5.73. The van der Waals surface area contributed by atoms with Gasteiger partial charge < -0.3 is 4.42 Å². The molecule has 1 atom stereocenters. The number of para-hydroxylation sites is 1. The number of benzene rings is 1. The predicted molar refractivity (Wildman–Crippen MR) is 69.1 cm³/mol. The Bertz CT molecular complexity index is 528. The van der Waals surface area contributed by atoms with Gasteiger partial charge in [-0.1, -0.05) is 26.0 Å². The van der Waals surface area contributed by atoms with Crippen molar-refractivity contribution in [3.05, 3.63) is 35.8 Å². The third-order valence-corrected chi connectivity index (χ3v) is 3.11. The summed E-state index contributed by atoms with van der Waals surface area (Å²) >= 11 is 6.03. The molecule has 1 nitrogen and oxygen atoms in total. The molecule has 1 aromatic carbocycles. The highest BCUT2D eigenvalue weighted by Crippen LogP contribution is 2.34. The van der Waals surface area contributed by atoms with Crippen molar-refractivity contribution in [1.82, 2.24) is 0 Å². The highest BCUT2D eigenvalue weighted by Gasteiger charge is 2.27. The van der Waals surface area contributed by atoms with E-state index in [1.807, 2.05) is 19.1 Å². The van der Waals surface area contributed by atoms with E-state index in [2.05, 4.69) is 13.8 Å². The van der Waals surface area contributed by atoms with E-state index < -0.39 is 0 Å². The Balaban J connectivity index is 2.46. The number of hydrogen-bond acceptors (Lipinski definition) is 1. The molecule has 0 aliphatic heterocycles. The topological polar surface area (TPSA) is 13.1 Å². The summed E-state index contributed by atoms with van der Waals surface area (Å²) in [7, 11) is 0. The second-order valence-electron chi connectivity index (χ2n) is 5.14. The molecule has 0 amide bonds. The fourth-order valence-corrected chi connectivity index (χ4v) is 2.55. The summed E-state index contributed by atoms with van der Waals surface area (Å²) in [6.45, 7) is 6.07. The van der Waals surface area contributed by atoms with Crippen molar-refractivity contribution in [2.75, 3.05) is 0 Å². The Hall–Kier alpha value is -1.02. The van der Waals surface area contributed by atoms with Crippen LogP contribution in [-0.2, 0) is 5.41 Å². The number of halogens is 2. The lowest BCUT2D eigenvalue weighted by molar-refractivity contribution is 0.373. The lowest BCUT2D eigenvalue weighted by Crippen LogP contribution is -2.19. The van der Waals surface area contributed by atoms with Crippen molar-refractivity contribution in [3.8, 4) is 0 Å². The third-order valence-electron chi connectivity index (χ3n) is 2.95. The standard InChI is InChI=1S/C14H16ClFO/c1-9(15)8-14(2,3)12-7-10-5-4-6-11(16)13(10)17-12/h4-7,9H,8H2,1-3H3. The van der Waals surface area contributed by atoms with Gasteiger partial charge in [-0.25, -0.2) is 4.39 Å². The largest absolute Gasteiger partial charge is 0.457 e. The zero-order chi connectivity index (χ0) is 12.6. The van der Waals surface area contributed by atoms with Crippen molar-refractivity contribution in [2.24, 2.45) is 0 Å². The number of hydrogen-bond donors (Lipinski definition) is 0. The van der Waals surface area contributed by atoms with Gasteiger partial charge in [0.1, 0.15) is 5.76 Å². The summed E-state index contributed by atoms with van der Waals surface area (Å²) in [4.78, 5) is 0. The Morgan fingerprint density at radius 3 is 2.71 bits per heavy atom. The highest BCUT2D eigenvalue weighted by atomic mass is 35.5. The molecule has 0 fully saturated rings. The van der Waals surface area contributed by atoms with Crippen molar-refractivity contribution >= 4 is 22.6 Å². The highest BCUT2D eigenvalue weighted by molar-refractivity contribution is 6.20. The third kappa shape index (κ3) is 2.47. The lowest BCUT2D eigenvalue weighted by Gasteiger charge is -2.23. The minimum atomic E-state index is -0.316. The van der Waals surface area contributed by atoms with Crippen LogP contribution >= 0.6 is 11.6 Å². The van der Waals surface area contributed by atoms with Crippen LogP contribution in [0.15, 0.2) is 28.7 Å². The van der Waals surface area contributed by atoms with Crippen molar-refractivity contribution < 1.29 is 8.81 Å². The van der Waals surface area contributed by atoms with E-state index in [0.717, 1.165) is 17.6 Å². The normalized spacial score (nSPS) is 14.2. The van der Waals surface area contributed by atoms with Crippen LogP contribution in [0.1, 0.15) is 33.0 Å². The molecule has 3 heteroatoms. The molecule has 17 heavy (non-hydrogen) atoms. The van der Waals surface area contributed by atoms with Crippen LogP contribution in [0.4, 0.5) is 4.39 Å². The summed E-state index contributed by atoms with van der Waals surface area (Å²) in [5.74, 6) is 0.466. The molecule has 0 saturated carbocycles. The molecule has 2 aromatic rings. The smallest absolute Gasteiger partial charge is 0.169 e. The van der Waals surface area contributed by atoms with Crippen LogP contribution in [-0.4, -0.2) is 5.38 Å².